The number of aromatic nitrogens is 2. The quantitative estimate of drug-likeness (QED) is 0.382. The van der Waals surface area contributed by atoms with Crippen molar-refractivity contribution in [1.29, 1.82) is 0 Å². The van der Waals surface area contributed by atoms with Gasteiger partial charge in [-0.05, 0) is 37.5 Å². The van der Waals surface area contributed by atoms with Gasteiger partial charge in [0, 0.05) is 16.0 Å². The lowest BCUT2D eigenvalue weighted by molar-refractivity contribution is 0.374. The van der Waals surface area contributed by atoms with Gasteiger partial charge in [-0.2, -0.15) is 4.98 Å². The van der Waals surface area contributed by atoms with Crippen LogP contribution in [0.3, 0.4) is 0 Å². The molecule has 3 rings (SSSR count). The number of benzene rings is 1. The van der Waals surface area contributed by atoms with Gasteiger partial charge in [-0.15, -0.1) is 24.0 Å². The summed E-state index contributed by atoms with van der Waals surface area (Å²) in [5, 5.41) is 8.16. The van der Waals surface area contributed by atoms with Crippen LogP contribution >= 0.6 is 47.2 Å². The van der Waals surface area contributed by atoms with E-state index in [1.165, 1.54) is 0 Å². The second-order valence-corrected chi connectivity index (χ2v) is 6.40. The van der Waals surface area contributed by atoms with E-state index in [0.29, 0.717) is 33.6 Å². The summed E-state index contributed by atoms with van der Waals surface area (Å²) in [4.78, 5) is 8.53. The lowest BCUT2D eigenvalue weighted by Crippen LogP contribution is -2.34. The van der Waals surface area contributed by atoms with Gasteiger partial charge < -0.3 is 15.6 Å². The van der Waals surface area contributed by atoms with Crippen LogP contribution in [0.2, 0.25) is 10.0 Å². The van der Waals surface area contributed by atoms with Crippen molar-refractivity contribution in [2.75, 3.05) is 0 Å². The maximum atomic E-state index is 6.18. The number of nitrogens with zero attached hydrogens (tertiary/aromatic N) is 3. The van der Waals surface area contributed by atoms with Gasteiger partial charge in [0.2, 0.25) is 5.89 Å². The van der Waals surface area contributed by atoms with E-state index < -0.39 is 0 Å². The van der Waals surface area contributed by atoms with E-state index in [2.05, 4.69) is 20.4 Å². The van der Waals surface area contributed by atoms with E-state index in [0.717, 1.165) is 18.4 Å². The molecule has 1 atom stereocenters. The molecule has 1 aromatic heterocycles. The Hall–Kier alpha value is -1.06. The third-order valence-corrected chi connectivity index (χ3v) is 4.16. The molecule has 0 radical (unpaired) electrons. The van der Waals surface area contributed by atoms with Crippen LogP contribution in [0.5, 0.6) is 0 Å². The van der Waals surface area contributed by atoms with Gasteiger partial charge >= 0.3 is 0 Å². The van der Waals surface area contributed by atoms with Crippen LogP contribution in [0.1, 0.15) is 49.0 Å². The standard InChI is InChI=1S/C15H17Cl2N5O.HI/c1-8(11-5-4-10(16)6-12(11)17)20-15(18)19-7-13-21-14(23-22-13)9-2-3-9;/h4-6,8-9H,2-3,7H2,1H3,(H3,18,19,20);1H. The number of guanidine groups is 1. The minimum Gasteiger partial charge on any atom is -0.370 e. The lowest BCUT2D eigenvalue weighted by Gasteiger charge is -2.16. The minimum absolute atomic E-state index is 0. The Balaban J connectivity index is 0.00000208. The topological polar surface area (TPSA) is 89.3 Å². The highest BCUT2D eigenvalue weighted by molar-refractivity contribution is 14.0. The highest BCUT2D eigenvalue weighted by Crippen LogP contribution is 2.38. The normalized spacial score (nSPS) is 15.7. The molecule has 1 unspecified atom stereocenters. The summed E-state index contributed by atoms with van der Waals surface area (Å²) in [6.45, 7) is 2.22. The van der Waals surface area contributed by atoms with Crippen LogP contribution < -0.4 is 11.1 Å². The van der Waals surface area contributed by atoms with Gasteiger partial charge in [-0.3, -0.25) is 0 Å². The fourth-order valence-corrected chi connectivity index (χ4v) is 2.75. The predicted molar refractivity (Wildman–Crippen MR) is 105 cm³/mol. The van der Waals surface area contributed by atoms with Crippen molar-refractivity contribution in [3.8, 4) is 0 Å². The summed E-state index contributed by atoms with van der Waals surface area (Å²) < 4.78 is 5.18. The van der Waals surface area contributed by atoms with E-state index in [1.54, 1.807) is 12.1 Å². The lowest BCUT2D eigenvalue weighted by atomic mass is 10.1. The zero-order chi connectivity index (χ0) is 16.4. The summed E-state index contributed by atoms with van der Waals surface area (Å²) in [7, 11) is 0. The van der Waals surface area contributed by atoms with Crippen molar-refractivity contribution in [3.63, 3.8) is 0 Å². The largest absolute Gasteiger partial charge is 0.370 e. The summed E-state index contributed by atoms with van der Waals surface area (Å²) in [5.41, 5.74) is 6.80. The van der Waals surface area contributed by atoms with Crippen molar-refractivity contribution in [3.05, 3.63) is 45.5 Å². The van der Waals surface area contributed by atoms with Crippen molar-refractivity contribution in [2.24, 2.45) is 10.7 Å². The molecule has 24 heavy (non-hydrogen) atoms. The third kappa shape index (κ3) is 4.97. The highest BCUT2D eigenvalue weighted by atomic mass is 127. The smallest absolute Gasteiger partial charge is 0.229 e. The maximum absolute atomic E-state index is 6.18. The molecule has 1 fully saturated rings. The molecule has 9 heteroatoms. The number of halogens is 3. The van der Waals surface area contributed by atoms with E-state index >= 15 is 0 Å². The molecule has 1 aromatic carbocycles. The molecule has 1 aliphatic rings. The first-order valence-electron chi connectivity index (χ1n) is 7.37. The Morgan fingerprint density at radius 2 is 2.21 bits per heavy atom. The Morgan fingerprint density at radius 3 is 2.88 bits per heavy atom. The van der Waals surface area contributed by atoms with Crippen molar-refractivity contribution >= 4 is 53.1 Å². The van der Waals surface area contributed by atoms with E-state index in [1.807, 2.05) is 13.0 Å². The van der Waals surface area contributed by atoms with Crippen LogP contribution in [0.15, 0.2) is 27.7 Å². The average Bonchev–Trinajstić information content (AvgIpc) is 3.24. The van der Waals surface area contributed by atoms with Gasteiger partial charge in [-0.25, -0.2) is 4.99 Å². The Kier molecular flexibility index (Phi) is 6.70. The molecule has 2 aromatic rings. The summed E-state index contributed by atoms with van der Waals surface area (Å²) in [5.74, 6) is 1.96. The first kappa shape index (κ1) is 19.3. The number of aliphatic imine (C=N–C) groups is 1. The van der Waals surface area contributed by atoms with Crippen LogP contribution in [-0.4, -0.2) is 16.1 Å². The molecular weight excluding hydrogens is 464 g/mol. The van der Waals surface area contributed by atoms with Crippen LogP contribution in [0.4, 0.5) is 0 Å². The number of nitrogens with two attached hydrogens (primary N) is 1. The van der Waals surface area contributed by atoms with Crippen LogP contribution in [-0.2, 0) is 6.54 Å². The molecular formula is C15H18Cl2IN5O. The number of hydrogen-bond acceptors (Lipinski definition) is 4. The summed E-state index contributed by atoms with van der Waals surface area (Å²) in [6, 6.07) is 5.24. The van der Waals surface area contributed by atoms with Gasteiger partial charge in [0.05, 0.1) is 6.04 Å². The first-order chi connectivity index (χ1) is 11.0. The summed E-state index contributed by atoms with van der Waals surface area (Å²) in [6.07, 6.45) is 2.24. The molecule has 0 spiro atoms. The van der Waals surface area contributed by atoms with Crippen molar-refractivity contribution < 1.29 is 4.52 Å². The first-order valence-corrected chi connectivity index (χ1v) is 8.12. The van der Waals surface area contributed by atoms with Crippen molar-refractivity contribution in [2.45, 2.75) is 38.3 Å². The minimum atomic E-state index is -0.101. The average molecular weight is 482 g/mol. The van der Waals surface area contributed by atoms with E-state index in [-0.39, 0.29) is 36.6 Å². The van der Waals surface area contributed by atoms with E-state index in [9.17, 15) is 0 Å². The Labute approximate surface area is 167 Å². The second kappa shape index (κ2) is 8.35. The van der Waals surface area contributed by atoms with Crippen LogP contribution in [0.25, 0.3) is 0 Å². The van der Waals surface area contributed by atoms with Crippen molar-refractivity contribution in [1.82, 2.24) is 15.5 Å². The fraction of sp³-hybridized carbons (Fsp3) is 0.400. The summed E-state index contributed by atoms with van der Waals surface area (Å²) >= 11 is 12.1. The molecule has 0 bridgehead atoms. The molecule has 1 saturated carbocycles. The molecule has 0 saturated heterocycles. The van der Waals surface area contributed by atoms with Gasteiger partial charge in [0.25, 0.3) is 0 Å². The van der Waals surface area contributed by atoms with Crippen LogP contribution in [0, 0.1) is 0 Å². The zero-order valence-corrected chi connectivity index (χ0v) is 16.8. The maximum Gasteiger partial charge on any atom is 0.229 e. The number of rotatable bonds is 5. The second-order valence-electron chi connectivity index (χ2n) is 5.56. The van der Waals surface area contributed by atoms with Gasteiger partial charge in [0.1, 0.15) is 6.54 Å². The van der Waals surface area contributed by atoms with Gasteiger partial charge in [-0.1, -0.05) is 34.4 Å². The molecule has 0 amide bonds. The number of nitrogens with one attached hydrogen (secondary N) is 1. The molecule has 6 nitrogen and oxygen atoms in total. The van der Waals surface area contributed by atoms with E-state index in [4.69, 9.17) is 33.5 Å². The highest BCUT2D eigenvalue weighted by Gasteiger charge is 2.29. The van der Waals surface area contributed by atoms with Gasteiger partial charge in [0.15, 0.2) is 11.8 Å². The molecule has 3 N–H and O–H groups in total. The SMILES string of the molecule is CC(NC(N)=NCc1noc(C2CC2)n1)c1ccc(Cl)cc1Cl.I. The zero-order valence-electron chi connectivity index (χ0n) is 13.0. The Morgan fingerprint density at radius 1 is 1.46 bits per heavy atom. The molecule has 1 aliphatic carbocycles. The molecule has 1 heterocycles. The fourth-order valence-electron chi connectivity index (χ4n) is 2.18. The predicted octanol–water partition coefficient (Wildman–Crippen LogP) is 4.04. The number of hydrogen-bond donors (Lipinski definition) is 2. The monoisotopic (exact) mass is 481 g/mol. The third-order valence-electron chi connectivity index (χ3n) is 3.59. The molecule has 0 aliphatic heterocycles. The Bertz CT molecular complexity index is 732. The molecule has 130 valence electrons.